The number of ketones is 1. The number of Topliss-reactive ketones (excluding diaryl/α,β-unsaturated/α-hetero) is 1. The van der Waals surface area contributed by atoms with Crippen molar-refractivity contribution in [3.8, 4) is 11.5 Å². The first-order chi connectivity index (χ1) is 17.7. The fourth-order valence-corrected chi connectivity index (χ4v) is 4.39. The topological polar surface area (TPSA) is 113 Å². The zero-order chi connectivity index (χ0) is 26.7. The molecule has 0 radical (unpaired) electrons. The van der Waals surface area contributed by atoms with Crippen molar-refractivity contribution in [3.63, 3.8) is 0 Å². The van der Waals surface area contributed by atoms with Crippen molar-refractivity contribution in [1.82, 2.24) is 0 Å². The SMILES string of the molecule is CCOc1cc(/C(O)=C2/C(=O)C(=O)N(c3ccc(CC(=O)O)cc3)C2c2ccc(OC)cc2)ccc1Cl. The Morgan fingerprint density at radius 2 is 1.68 bits per heavy atom. The number of carboxylic acids is 1. The van der Waals surface area contributed by atoms with Crippen molar-refractivity contribution in [3.05, 3.63) is 94.0 Å². The Morgan fingerprint density at radius 1 is 1.00 bits per heavy atom. The van der Waals surface area contributed by atoms with Gasteiger partial charge >= 0.3 is 5.97 Å². The smallest absolute Gasteiger partial charge is 0.307 e. The van der Waals surface area contributed by atoms with Gasteiger partial charge in [0.05, 0.1) is 36.8 Å². The summed E-state index contributed by atoms with van der Waals surface area (Å²) in [6.07, 6.45) is -0.181. The number of carbonyl (C=O) groups excluding carboxylic acids is 2. The zero-order valence-corrected chi connectivity index (χ0v) is 20.9. The van der Waals surface area contributed by atoms with E-state index >= 15 is 0 Å². The summed E-state index contributed by atoms with van der Waals surface area (Å²) in [5, 5.41) is 20.7. The number of halogens is 1. The number of carbonyl (C=O) groups is 3. The average Bonchev–Trinajstić information content (AvgIpc) is 3.15. The predicted octanol–water partition coefficient (Wildman–Crippen LogP) is 5.00. The molecule has 1 aliphatic rings. The largest absolute Gasteiger partial charge is 0.507 e. The van der Waals surface area contributed by atoms with Crippen molar-refractivity contribution in [2.75, 3.05) is 18.6 Å². The van der Waals surface area contributed by atoms with Gasteiger partial charge in [0.25, 0.3) is 11.7 Å². The third-order valence-corrected chi connectivity index (χ3v) is 6.26. The molecule has 1 unspecified atom stereocenters. The molecule has 1 heterocycles. The maximum Gasteiger partial charge on any atom is 0.307 e. The van der Waals surface area contributed by atoms with Gasteiger partial charge in [0.15, 0.2) is 0 Å². The fourth-order valence-electron chi connectivity index (χ4n) is 4.22. The lowest BCUT2D eigenvalue weighted by atomic mass is 9.95. The number of rotatable bonds is 8. The van der Waals surface area contributed by atoms with Crippen LogP contribution in [0.5, 0.6) is 11.5 Å². The van der Waals surface area contributed by atoms with E-state index in [4.69, 9.17) is 26.2 Å². The molecule has 190 valence electrons. The summed E-state index contributed by atoms with van der Waals surface area (Å²) in [6, 6.07) is 16.8. The Bertz CT molecular complexity index is 1380. The summed E-state index contributed by atoms with van der Waals surface area (Å²) in [6.45, 7) is 2.14. The van der Waals surface area contributed by atoms with E-state index in [0.717, 1.165) is 0 Å². The molecule has 1 saturated heterocycles. The van der Waals surface area contributed by atoms with Crippen LogP contribution in [0.4, 0.5) is 5.69 Å². The van der Waals surface area contributed by atoms with E-state index in [-0.39, 0.29) is 23.3 Å². The van der Waals surface area contributed by atoms with Crippen LogP contribution in [0.2, 0.25) is 5.02 Å². The molecule has 8 nitrogen and oxygen atoms in total. The van der Waals surface area contributed by atoms with Crippen molar-refractivity contribution >= 4 is 40.7 Å². The van der Waals surface area contributed by atoms with Crippen molar-refractivity contribution < 1.29 is 34.1 Å². The van der Waals surface area contributed by atoms with E-state index in [1.165, 1.54) is 18.1 Å². The normalized spacial score (nSPS) is 16.6. The summed E-state index contributed by atoms with van der Waals surface area (Å²) in [5.74, 6) is -2.13. The highest BCUT2D eigenvalue weighted by Gasteiger charge is 2.47. The molecule has 9 heteroatoms. The van der Waals surface area contributed by atoms with Gasteiger partial charge in [-0.05, 0) is 60.5 Å². The molecular formula is C28H24ClNO7. The molecule has 1 amide bonds. The molecule has 0 saturated carbocycles. The van der Waals surface area contributed by atoms with Crippen LogP contribution >= 0.6 is 11.6 Å². The lowest BCUT2D eigenvalue weighted by molar-refractivity contribution is -0.136. The van der Waals surface area contributed by atoms with Gasteiger partial charge in [-0.3, -0.25) is 19.3 Å². The molecule has 3 aromatic rings. The van der Waals surface area contributed by atoms with Gasteiger partial charge in [-0.15, -0.1) is 0 Å². The highest BCUT2D eigenvalue weighted by Crippen LogP contribution is 2.43. The lowest BCUT2D eigenvalue weighted by Crippen LogP contribution is -2.29. The summed E-state index contributed by atoms with van der Waals surface area (Å²) < 4.78 is 10.8. The standard InChI is InChI=1S/C28H24ClNO7/c1-3-37-22-15-18(8-13-21(22)29)26(33)24-25(17-6-11-20(36-2)12-7-17)30(28(35)27(24)34)19-9-4-16(5-10-19)14-23(31)32/h4-13,15,25,33H,3,14H2,1-2H3,(H,31,32)/b26-24-. The Morgan fingerprint density at radius 3 is 2.27 bits per heavy atom. The molecule has 1 fully saturated rings. The second-order valence-corrected chi connectivity index (χ2v) is 8.66. The molecule has 0 aliphatic carbocycles. The van der Waals surface area contributed by atoms with E-state index in [0.29, 0.717) is 39.9 Å². The maximum absolute atomic E-state index is 13.3. The molecule has 2 N–H and O–H groups in total. The number of methoxy groups -OCH3 is 1. The molecule has 4 rings (SSSR count). The van der Waals surface area contributed by atoms with Crippen LogP contribution in [0.1, 0.15) is 29.7 Å². The molecule has 37 heavy (non-hydrogen) atoms. The zero-order valence-electron chi connectivity index (χ0n) is 20.1. The average molecular weight is 522 g/mol. The summed E-state index contributed by atoms with van der Waals surface area (Å²) in [4.78, 5) is 39.0. The lowest BCUT2D eigenvalue weighted by Gasteiger charge is -2.25. The number of carboxylic acid groups (broad SMARTS) is 1. The van der Waals surface area contributed by atoms with E-state index in [2.05, 4.69) is 0 Å². The second kappa shape index (κ2) is 10.8. The van der Waals surface area contributed by atoms with Crippen LogP contribution in [0.25, 0.3) is 5.76 Å². The Hall–Kier alpha value is -4.30. The molecule has 0 bridgehead atoms. The number of hydrogen-bond acceptors (Lipinski definition) is 6. The van der Waals surface area contributed by atoms with Crippen molar-refractivity contribution in [1.29, 1.82) is 0 Å². The number of anilines is 1. The molecular weight excluding hydrogens is 498 g/mol. The van der Waals surface area contributed by atoms with Gasteiger partial charge in [0.2, 0.25) is 0 Å². The number of nitrogens with zero attached hydrogens (tertiary/aromatic N) is 1. The van der Waals surface area contributed by atoms with E-state index in [9.17, 15) is 19.5 Å². The highest BCUT2D eigenvalue weighted by atomic mass is 35.5. The first kappa shape index (κ1) is 25.8. The Kier molecular flexibility index (Phi) is 7.50. The van der Waals surface area contributed by atoms with Gasteiger partial charge in [0, 0.05) is 11.3 Å². The number of aliphatic carboxylic acids is 1. The molecule has 1 aliphatic heterocycles. The summed E-state index contributed by atoms with van der Waals surface area (Å²) in [5.41, 5.74) is 1.64. The predicted molar refractivity (Wildman–Crippen MR) is 138 cm³/mol. The third kappa shape index (κ3) is 5.15. The van der Waals surface area contributed by atoms with Crippen LogP contribution in [0.15, 0.2) is 72.3 Å². The molecule has 0 aromatic heterocycles. The van der Waals surface area contributed by atoms with Gasteiger partial charge in [-0.2, -0.15) is 0 Å². The van der Waals surface area contributed by atoms with E-state index in [1.807, 2.05) is 0 Å². The number of benzene rings is 3. The minimum absolute atomic E-state index is 0.102. The molecule has 0 spiro atoms. The molecule has 1 atom stereocenters. The van der Waals surface area contributed by atoms with Crippen LogP contribution in [-0.4, -0.2) is 41.6 Å². The molecule has 3 aromatic carbocycles. The fraction of sp³-hybridized carbons (Fsp3) is 0.179. The minimum atomic E-state index is -0.985. The van der Waals surface area contributed by atoms with Crippen LogP contribution in [0, 0.1) is 0 Å². The number of ether oxygens (including phenoxy) is 2. The maximum atomic E-state index is 13.3. The van der Waals surface area contributed by atoms with Crippen LogP contribution < -0.4 is 14.4 Å². The second-order valence-electron chi connectivity index (χ2n) is 8.26. The van der Waals surface area contributed by atoms with Crippen molar-refractivity contribution in [2.45, 2.75) is 19.4 Å². The summed E-state index contributed by atoms with van der Waals surface area (Å²) >= 11 is 6.19. The summed E-state index contributed by atoms with van der Waals surface area (Å²) in [7, 11) is 1.52. The highest BCUT2D eigenvalue weighted by molar-refractivity contribution is 6.51. The quantitative estimate of drug-likeness (QED) is 0.243. The van der Waals surface area contributed by atoms with Gasteiger partial charge in [0.1, 0.15) is 17.3 Å². The number of aliphatic hydroxyl groups is 1. The first-order valence-electron chi connectivity index (χ1n) is 11.4. The Labute approximate surface area is 218 Å². The van der Waals surface area contributed by atoms with E-state index < -0.39 is 23.7 Å². The number of amides is 1. The first-order valence-corrected chi connectivity index (χ1v) is 11.8. The van der Waals surface area contributed by atoms with Gasteiger partial charge in [-0.25, -0.2) is 0 Å². The number of hydrogen-bond donors (Lipinski definition) is 2. The minimum Gasteiger partial charge on any atom is -0.507 e. The van der Waals surface area contributed by atoms with E-state index in [1.54, 1.807) is 67.6 Å². The third-order valence-electron chi connectivity index (χ3n) is 5.95. The number of aliphatic hydroxyl groups excluding tert-OH is 1. The van der Waals surface area contributed by atoms with Gasteiger partial charge < -0.3 is 19.7 Å². The van der Waals surface area contributed by atoms with Gasteiger partial charge in [-0.1, -0.05) is 35.9 Å². The Balaban J connectivity index is 1.87. The van der Waals surface area contributed by atoms with Crippen LogP contribution in [0.3, 0.4) is 0 Å². The van der Waals surface area contributed by atoms with Crippen molar-refractivity contribution in [2.24, 2.45) is 0 Å². The van der Waals surface area contributed by atoms with Crippen LogP contribution in [-0.2, 0) is 20.8 Å². The monoisotopic (exact) mass is 521 g/mol.